The summed E-state index contributed by atoms with van der Waals surface area (Å²) in [5, 5.41) is 23.1. The van der Waals surface area contributed by atoms with Crippen molar-refractivity contribution in [2.45, 2.75) is 64.2 Å². The molecule has 3 unspecified atom stereocenters. The molecule has 0 spiro atoms. The molecule has 1 aromatic rings. The molecule has 0 aromatic heterocycles. The summed E-state index contributed by atoms with van der Waals surface area (Å²) in [6, 6.07) is 6.54. The van der Waals surface area contributed by atoms with Gasteiger partial charge in [-0.1, -0.05) is 44.0 Å². The molecule has 1 fully saturated rings. The zero-order valence-corrected chi connectivity index (χ0v) is 14.4. The number of amides is 1. The summed E-state index contributed by atoms with van der Waals surface area (Å²) >= 11 is 0. The molecule has 0 aliphatic heterocycles. The highest BCUT2D eigenvalue weighted by Gasteiger charge is 2.49. The van der Waals surface area contributed by atoms with Crippen LogP contribution in [0.4, 0.5) is 0 Å². The number of hydrogen-bond donors (Lipinski definition) is 3. The molecule has 3 atom stereocenters. The summed E-state index contributed by atoms with van der Waals surface area (Å²) in [7, 11) is 0. The van der Waals surface area contributed by atoms with Crippen molar-refractivity contribution in [3.05, 3.63) is 35.4 Å². The van der Waals surface area contributed by atoms with Gasteiger partial charge in [0, 0.05) is 11.6 Å². The maximum atomic E-state index is 12.9. The van der Waals surface area contributed by atoms with Gasteiger partial charge in [0.2, 0.25) is 5.91 Å². The first-order chi connectivity index (χ1) is 11.4. The zero-order chi connectivity index (χ0) is 17.7. The molecule has 1 saturated carbocycles. The van der Waals surface area contributed by atoms with E-state index in [4.69, 9.17) is 5.11 Å². The van der Waals surface area contributed by atoms with Gasteiger partial charge in [0.05, 0.1) is 12.5 Å². The van der Waals surface area contributed by atoms with E-state index in [-0.39, 0.29) is 18.6 Å². The van der Waals surface area contributed by atoms with Gasteiger partial charge in [0.25, 0.3) is 0 Å². The molecular weight excluding hydrogens is 306 g/mol. The highest BCUT2D eigenvalue weighted by molar-refractivity contribution is 6.05. The monoisotopic (exact) mass is 333 g/mol. The second kappa shape index (κ2) is 7.90. The third-order valence-corrected chi connectivity index (χ3v) is 4.99. The maximum Gasteiger partial charge on any atom is 0.226 e. The number of aliphatic hydroxyl groups is 2. The number of ketones is 1. The van der Waals surface area contributed by atoms with Crippen molar-refractivity contribution in [2.24, 2.45) is 5.92 Å². The van der Waals surface area contributed by atoms with Crippen molar-refractivity contribution in [1.29, 1.82) is 0 Å². The summed E-state index contributed by atoms with van der Waals surface area (Å²) in [6.07, 6.45) is 3.17. The van der Waals surface area contributed by atoms with Gasteiger partial charge in [-0.2, -0.15) is 0 Å². The van der Waals surface area contributed by atoms with Crippen LogP contribution in [0.3, 0.4) is 0 Å². The van der Waals surface area contributed by atoms with Gasteiger partial charge < -0.3 is 15.5 Å². The van der Waals surface area contributed by atoms with Gasteiger partial charge >= 0.3 is 0 Å². The largest absolute Gasteiger partial charge is 0.392 e. The number of hydrogen-bond acceptors (Lipinski definition) is 4. The molecule has 0 saturated heterocycles. The predicted octanol–water partition coefficient (Wildman–Crippen LogP) is 2.20. The molecule has 0 radical (unpaired) electrons. The Bertz CT molecular complexity index is 584. The number of aliphatic hydroxyl groups excluding tert-OH is 1. The van der Waals surface area contributed by atoms with Gasteiger partial charge in [-0.15, -0.1) is 0 Å². The Morgan fingerprint density at radius 3 is 2.54 bits per heavy atom. The Kier molecular flexibility index (Phi) is 6.13. The number of rotatable bonds is 6. The third-order valence-electron chi connectivity index (χ3n) is 4.99. The number of nitrogens with one attached hydrogen (secondary N) is 1. The molecule has 2 rings (SSSR count). The molecule has 0 bridgehead atoms. The first-order valence-corrected chi connectivity index (χ1v) is 8.69. The first kappa shape index (κ1) is 18.6. The minimum atomic E-state index is -1.66. The Balaban J connectivity index is 2.24. The van der Waals surface area contributed by atoms with Crippen molar-refractivity contribution in [3.8, 4) is 0 Å². The van der Waals surface area contributed by atoms with E-state index in [1.165, 1.54) is 0 Å². The van der Waals surface area contributed by atoms with Crippen LogP contribution >= 0.6 is 0 Å². The molecule has 3 N–H and O–H groups in total. The van der Waals surface area contributed by atoms with Gasteiger partial charge in [0.15, 0.2) is 5.78 Å². The Morgan fingerprint density at radius 1 is 1.29 bits per heavy atom. The molecule has 132 valence electrons. The predicted molar refractivity (Wildman–Crippen MR) is 91.5 cm³/mol. The zero-order valence-electron chi connectivity index (χ0n) is 14.4. The molecule has 1 amide bonds. The fraction of sp³-hybridized carbons (Fsp3) is 0.579. The fourth-order valence-corrected chi connectivity index (χ4v) is 3.23. The second-order valence-electron chi connectivity index (χ2n) is 6.72. The van der Waals surface area contributed by atoms with E-state index in [0.717, 1.165) is 19.3 Å². The quantitative estimate of drug-likeness (QED) is 0.697. The Morgan fingerprint density at radius 2 is 1.96 bits per heavy atom. The average Bonchev–Trinajstić information content (AvgIpc) is 2.61. The lowest BCUT2D eigenvalue weighted by Gasteiger charge is -2.38. The topological polar surface area (TPSA) is 86.6 Å². The average molecular weight is 333 g/mol. The second-order valence-corrected chi connectivity index (χ2v) is 6.72. The fourth-order valence-electron chi connectivity index (χ4n) is 3.23. The van der Waals surface area contributed by atoms with E-state index >= 15 is 0 Å². The summed E-state index contributed by atoms with van der Waals surface area (Å²) in [5.74, 6) is -1.37. The van der Waals surface area contributed by atoms with E-state index < -0.39 is 17.3 Å². The maximum absolute atomic E-state index is 12.9. The number of Topliss-reactive ketones (excluding diaryl/α,β-unsaturated/α-hetero) is 1. The summed E-state index contributed by atoms with van der Waals surface area (Å²) in [5.41, 5.74) is -0.581. The van der Waals surface area contributed by atoms with Crippen LogP contribution in [0.2, 0.25) is 0 Å². The first-order valence-electron chi connectivity index (χ1n) is 8.69. The lowest BCUT2D eigenvalue weighted by Crippen LogP contribution is -2.54. The molecule has 5 nitrogen and oxygen atoms in total. The molecule has 1 aliphatic carbocycles. The normalized spacial score (nSPS) is 25.1. The number of benzene rings is 1. The smallest absolute Gasteiger partial charge is 0.226 e. The van der Waals surface area contributed by atoms with Crippen molar-refractivity contribution in [3.63, 3.8) is 0 Å². The molecule has 1 aliphatic rings. The van der Waals surface area contributed by atoms with Gasteiger partial charge in [-0.3, -0.25) is 9.59 Å². The van der Waals surface area contributed by atoms with Gasteiger partial charge in [-0.05, 0) is 31.7 Å². The SMILES string of the molecule is CCC(C)NC(=O)C1CCCCC1(O)C(=O)c1ccc(CO)cc1. The van der Waals surface area contributed by atoms with E-state index in [1.54, 1.807) is 24.3 Å². The standard InChI is InChI=1S/C19H27NO4/c1-3-13(2)20-18(23)16-6-4-5-11-19(16,24)17(22)15-9-7-14(12-21)8-10-15/h7-10,13,16,21,24H,3-6,11-12H2,1-2H3,(H,20,23). The van der Waals surface area contributed by atoms with E-state index in [9.17, 15) is 14.7 Å². The highest BCUT2D eigenvalue weighted by Crippen LogP contribution is 2.37. The van der Waals surface area contributed by atoms with Crippen LogP contribution in [-0.4, -0.2) is 33.5 Å². The molecule has 0 heterocycles. The Labute approximate surface area is 143 Å². The third kappa shape index (κ3) is 3.84. The van der Waals surface area contributed by atoms with Crippen molar-refractivity contribution in [1.82, 2.24) is 5.32 Å². The Hall–Kier alpha value is -1.72. The van der Waals surface area contributed by atoms with Gasteiger partial charge in [-0.25, -0.2) is 0 Å². The van der Waals surface area contributed by atoms with Crippen LogP contribution in [0.15, 0.2) is 24.3 Å². The molecule has 24 heavy (non-hydrogen) atoms. The summed E-state index contributed by atoms with van der Waals surface area (Å²) < 4.78 is 0. The van der Waals surface area contributed by atoms with Crippen LogP contribution in [-0.2, 0) is 11.4 Å². The number of carbonyl (C=O) groups excluding carboxylic acids is 2. The van der Waals surface area contributed by atoms with Gasteiger partial charge in [0.1, 0.15) is 5.60 Å². The van der Waals surface area contributed by atoms with E-state index in [0.29, 0.717) is 24.0 Å². The lowest BCUT2D eigenvalue weighted by atomic mass is 9.71. The number of carbonyl (C=O) groups is 2. The molecular formula is C19H27NO4. The van der Waals surface area contributed by atoms with Crippen LogP contribution in [0.5, 0.6) is 0 Å². The lowest BCUT2D eigenvalue weighted by molar-refractivity contribution is -0.135. The van der Waals surface area contributed by atoms with Crippen molar-refractivity contribution >= 4 is 11.7 Å². The summed E-state index contributed by atoms with van der Waals surface area (Å²) in [4.78, 5) is 25.5. The molecule has 1 aromatic carbocycles. The van der Waals surface area contributed by atoms with E-state index in [1.807, 2.05) is 13.8 Å². The minimum absolute atomic E-state index is 0.0163. The molecule has 5 heteroatoms. The summed E-state index contributed by atoms with van der Waals surface area (Å²) in [6.45, 7) is 3.79. The van der Waals surface area contributed by atoms with Crippen LogP contribution in [0.25, 0.3) is 0 Å². The van der Waals surface area contributed by atoms with E-state index in [2.05, 4.69) is 5.32 Å². The van der Waals surface area contributed by atoms with Crippen LogP contribution in [0, 0.1) is 5.92 Å². The minimum Gasteiger partial charge on any atom is -0.392 e. The highest BCUT2D eigenvalue weighted by atomic mass is 16.3. The van der Waals surface area contributed by atoms with Crippen molar-refractivity contribution in [2.75, 3.05) is 0 Å². The van der Waals surface area contributed by atoms with Crippen LogP contribution < -0.4 is 5.32 Å². The van der Waals surface area contributed by atoms with Crippen LogP contribution in [0.1, 0.15) is 61.9 Å². The van der Waals surface area contributed by atoms with Crippen molar-refractivity contribution < 1.29 is 19.8 Å².